The van der Waals surface area contributed by atoms with Gasteiger partial charge >= 0.3 is 0 Å². The van der Waals surface area contributed by atoms with E-state index in [0.717, 1.165) is 16.8 Å². The van der Waals surface area contributed by atoms with Crippen LogP contribution in [0.1, 0.15) is 18.1 Å². The Balaban J connectivity index is 1.93. The van der Waals surface area contributed by atoms with Crippen molar-refractivity contribution in [1.82, 2.24) is 5.32 Å². The van der Waals surface area contributed by atoms with Gasteiger partial charge in [-0.3, -0.25) is 9.59 Å². The Morgan fingerprint density at radius 3 is 2.37 bits per heavy atom. The number of nitrogens with zero attached hydrogens (tertiary/aromatic N) is 1. The Labute approximate surface area is 160 Å². The van der Waals surface area contributed by atoms with E-state index in [1.165, 1.54) is 11.8 Å². The number of carbonyl (C=O) groups is 2. The van der Waals surface area contributed by atoms with Crippen molar-refractivity contribution < 1.29 is 19.1 Å². The summed E-state index contributed by atoms with van der Waals surface area (Å²) in [7, 11) is 3.18. The third-order valence-electron chi connectivity index (χ3n) is 4.27. The zero-order valence-electron chi connectivity index (χ0n) is 16.2. The number of para-hydroxylation sites is 1. The lowest BCUT2D eigenvalue weighted by Gasteiger charge is -2.22. The molecule has 2 aromatic carbocycles. The zero-order chi connectivity index (χ0) is 19.8. The maximum atomic E-state index is 12.3. The minimum absolute atomic E-state index is 0.00782. The molecule has 144 valence electrons. The second-order valence-corrected chi connectivity index (χ2v) is 6.18. The molecule has 0 aliphatic heterocycles. The highest BCUT2D eigenvalue weighted by Crippen LogP contribution is 2.27. The van der Waals surface area contributed by atoms with E-state index in [2.05, 4.69) is 5.32 Å². The van der Waals surface area contributed by atoms with Crippen molar-refractivity contribution in [2.24, 2.45) is 0 Å². The minimum Gasteiger partial charge on any atom is -0.493 e. The number of benzene rings is 2. The molecule has 0 radical (unpaired) electrons. The molecule has 0 spiro atoms. The number of nitrogens with one attached hydrogen (secondary N) is 1. The Bertz CT molecular complexity index is 805. The van der Waals surface area contributed by atoms with Gasteiger partial charge in [0.25, 0.3) is 0 Å². The SMILES string of the molecule is COc1ccc(CCNC(=O)CN(C(C)=O)c2ccccc2C)cc1OC. The van der Waals surface area contributed by atoms with Crippen LogP contribution in [0.5, 0.6) is 11.5 Å². The number of amides is 2. The fraction of sp³-hybridized carbons (Fsp3) is 0.333. The fourth-order valence-electron chi connectivity index (χ4n) is 2.81. The number of aryl methyl sites for hydroxylation is 1. The van der Waals surface area contributed by atoms with Gasteiger partial charge in [0.15, 0.2) is 11.5 Å². The number of hydrogen-bond donors (Lipinski definition) is 1. The van der Waals surface area contributed by atoms with Crippen molar-refractivity contribution >= 4 is 17.5 Å². The Kier molecular flexibility index (Phi) is 7.23. The standard InChI is InChI=1S/C21H26N2O4/c1-15-7-5-6-8-18(15)23(16(2)24)14-21(25)22-12-11-17-9-10-19(26-3)20(13-17)27-4/h5-10,13H,11-12,14H2,1-4H3,(H,22,25). The molecule has 2 amide bonds. The predicted molar refractivity (Wildman–Crippen MR) is 105 cm³/mol. The number of ether oxygens (including phenoxy) is 2. The smallest absolute Gasteiger partial charge is 0.240 e. The first-order chi connectivity index (χ1) is 13.0. The summed E-state index contributed by atoms with van der Waals surface area (Å²) >= 11 is 0. The highest BCUT2D eigenvalue weighted by molar-refractivity contribution is 5.98. The van der Waals surface area contributed by atoms with Crippen LogP contribution < -0.4 is 19.7 Å². The van der Waals surface area contributed by atoms with Crippen molar-refractivity contribution in [2.45, 2.75) is 20.3 Å². The van der Waals surface area contributed by atoms with Gasteiger partial charge in [-0.2, -0.15) is 0 Å². The highest BCUT2D eigenvalue weighted by atomic mass is 16.5. The average molecular weight is 370 g/mol. The summed E-state index contributed by atoms with van der Waals surface area (Å²) in [4.78, 5) is 25.8. The van der Waals surface area contributed by atoms with E-state index in [9.17, 15) is 9.59 Å². The topological polar surface area (TPSA) is 67.9 Å². The maximum absolute atomic E-state index is 12.3. The quantitative estimate of drug-likeness (QED) is 0.776. The Morgan fingerprint density at radius 1 is 1.04 bits per heavy atom. The lowest BCUT2D eigenvalue weighted by molar-refractivity contribution is -0.123. The molecular weight excluding hydrogens is 344 g/mol. The monoisotopic (exact) mass is 370 g/mol. The summed E-state index contributed by atoms with van der Waals surface area (Å²) in [6, 6.07) is 13.2. The molecule has 0 bridgehead atoms. The summed E-state index contributed by atoms with van der Waals surface area (Å²) in [6.07, 6.45) is 0.649. The molecule has 0 aliphatic carbocycles. The molecule has 1 N–H and O–H groups in total. The third kappa shape index (κ3) is 5.48. The van der Waals surface area contributed by atoms with Gasteiger partial charge in [0.05, 0.1) is 14.2 Å². The average Bonchev–Trinajstić information content (AvgIpc) is 2.66. The molecule has 27 heavy (non-hydrogen) atoms. The van der Waals surface area contributed by atoms with Crippen LogP contribution in [0.25, 0.3) is 0 Å². The van der Waals surface area contributed by atoms with Gasteiger partial charge in [-0.1, -0.05) is 24.3 Å². The molecule has 0 unspecified atom stereocenters. The van der Waals surface area contributed by atoms with Crippen LogP contribution in [-0.2, 0) is 16.0 Å². The first-order valence-corrected chi connectivity index (χ1v) is 8.77. The predicted octanol–water partition coefficient (Wildman–Crippen LogP) is 2.72. The fourth-order valence-corrected chi connectivity index (χ4v) is 2.81. The first kappa shape index (κ1) is 20.3. The van der Waals surface area contributed by atoms with Gasteiger partial charge in [0.2, 0.25) is 11.8 Å². The van der Waals surface area contributed by atoms with Gasteiger partial charge in [-0.15, -0.1) is 0 Å². The number of methoxy groups -OCH3 is 2. The summed E-state index contributed by atoms with van der Waals surface area (Å²) in [6.45, 7) is 3.84. The third-order valence-corrected chi connectivity index (χ3v) is 4.27. The van der Waals surface area contributed by atoms with Crippen molar-refractivity contribution in [3.63, 3.8) is 0 Å². The van der Waals surface area contributed by atoms with Gasteiger partial charge in [-0.25, -0.2) is 0 Å². The van der Waals surface area contributed by atoms with E-state index in [1.807, 2.05) is 49.4 Å². The molecule has 6 nitrogen and oxygen atoms in total. The van der Waals surface area contributed by atoms with E-state index >= 15 is 0 Å². The molecule has 0 aliphatic rings. The van der Waals surface area contributed by atoms with Gasteiger partial charge in [0, 0.05) is 19.2 Å². The van der Waals surface area contributed by atoms with E-state index in [0.29, 0.717) is 24.5 Å². The van der Waals surface area contributed by atoms with E-state index in [1.54, 1.807) is 14.2 Å². The molecule has 0 heterocycles. The van der Waals surface area contributed by atoms with Crippen LogP contribution in [0, 0.1) is 6.92 Å². The molecule has 0 saturated carbocycles. The van der Waals surface area contributed by atoms with Crippen molar-refractivity contribution in [1.29, 1.82) is 0 Å². The minimum atomic E-state index is -0.200. The van der Waals surface area contributed by atoms with Crippen LogP contribution >= 0.6 is 0 Å². The van der Waals surface area contributed by atoms with Gasteiger partial charge < -0.3 is 19.7 Å². The van der Waals surface area contributed by atoms with E-state index in [-0.39, 0.29) is 18.4 Å². The van der Waals surface area contributed by atoms with E-state index in [4.69, 9.17) is 9.47 Å². The zero-order valence-corrected chi connectivity index (χ0v) is 16.2. The number of hydrogen-bond acceptors (Lipinski definition) is 4. The molecule has 0 aromatic heterocycles. The molecule has 0 atom stereocenters. The van der Waals surface area contributed by atoms with Crippen molar-refractivity contribution in [2.75, 3.05) is 32.2 Å². The second-order valence-electron chi connectivity index (χ2n) is 6.18. The second kappa shape index (κ2) is 9.62. The first-order valence-electron chi connectivity index (χ1n) is 8.77. The summed E-state index contributed by atoms with van der Waals surface area (Å²) in [5.41, 5.74) is 2.72. The van der Waals surface area contributed by atoms with Crippen LogP contribution in [-0.4, -0.2) is 39.1 Å². The van der Waals surface area contributed by atoms with Crippen molar-refractivity contribution in [3.8, 4) is 11.5 Å². The van der Waals surface area contributed by atoms with Crippen LogP contribution in [0.3, 0.4) is 0 Å². The largest absolute Gasteiger partial charge is 0.493 e. The van der Waals surface area contributed by atoms with Gasteiger partial charge in [-0.05, 0) is 42.7 Å². The van der Waals surface area contributed by atoms with Crippen LogP contribution in [0.2, 0.25) is 0 Å². The molecule has 2 aromatic rings. The number of anilines is 1. The number of carbonyl (C=O) groups excluding carboxylic acids is 2. The molecular formula is C21H26N2O4. The Morgan fingerprint density at radius 2 is 1.74 bits per heavy atom. The highest BCUT2D eigenvalue weighted by Gasteiger charge is 2.17. The summed E-state index contributed by atoms with van der Waals surface area (Å²) in [5, 5.41) is 2.87. The lowest BCUT2D eigenvalue weighted by Crippen LogP contribution is -2.40. The van der Waals surface area contributed by atoms with Crippen molar-refractivity contribution in [3.05, 3.63) is 53.6 Å². The maximum Gasteiger partial charge on any atom is 0.240 e. The molecule has 0 saturated heterocycles. The molecule has 2 rings (SSSR count). The normalized spacial score (nSPS) is 10.2. The van der Waals surface area contributed by atoms with Crippen LogP contribution in [0.15, 0.2) is 42.5 Å². The van der Waals surface area contributed by atoms with Crippen LogP contribution in [0.4, 0.5) is 5.69 Å². The van der Waals surface area contributed by atoms with Gasteiger partial charge in [0.1, 0.15) is 6.54 Å². The number of rotatable bonds is 8. The Hall–Kier alpha value is -3.02. The lowest BCUT2D eigenvalue weighted by atomic mass is 10.1. The summed E-state index contributed by atoms with van der Waals surface area (Å²) < 4.78 is 10.5. The molecule has 0 fully saturated rings. The molecule has 6 heteroatoms. The summed E-state index contributed by atoms with van der Waals surface area (Å²) in [5.74, 6) is 0.956. The van der Waals surface area contributed by atoms with E-state index < -0.39 is 0 Å².